The molecule has 12 heavy (non-hydrogen) atoms. The Morgan fingerprint density at radius 1 is 1.33 bits per heavy atom. The Balaban J connectivity index is 2.11. The van der Waals surface area contributed by atoms with Crippen LogP contribution in [-0.2, 0) is 0 Å². The molecule has 1 saturated carbocycles. The largest absolute Gasteiger partial charge is 0.310 e. The molecule has 1 atom stereocenters. The summed E-state index contributed by atoms with van der Waals surface area (Å²) < 4.78 is 0. The lowest BCUT2D eigenvalue weighted by molar-refractivity contribution is 0.328. The van der Waals surface area contributed by atoms with E-state index >= 15 is 0 Å². The summed E-state index contributed by atoms with van der Waals surface area (Å²) in [6.07, 6.45) is 5.62. The topological polar surface area (TPSA) is 15.3 Å². The second kappa shape index (κ2) is 4.83. The minimum atomic E-state index is 0.642. The fourth-order valence-corrected chi connectivity index (χ4v) is 2.10. The molecule has 0 amide bonds. The van der Waals surface area contributed by atoms with Crippen LogP contribution in [0.2, 0.25) is 0 Å². The van der Waals surface area contributed by atoms with Crippen molar-refractivity contribution in [1.29, 1.82) is 0 Å². The van der Waals surface area contributed by atoms with Gasteiger partial charge in [0.15, 0.2) is 0 Å². The summed E-state index contributed by atoms with van der Waals surface area (Å²) in [5.41, 5.74) is 0. The van der Waals surface area contributed by atoms with Gasteiger partial charge in [0, 0.05) is 18.6 Å². The molecule has 1 N–H and O–H groups in total. The smallest absolute Gasteiger partial charge is 0.0169 e. The molecule has 0 aromatic heterocycles. The normalized spacial score (nSPS) is 22.0. The number of nitrogens with one attached hydrogen (secondary N) is 1. The Bertz CT molecular complexity index is 117. The number of rotatable bonds is 4. The third kappa shape index (κ3) is 3.55. The highest BCUT2D eigenvalue weighted by Gasteiger charge is 2.16. The zero-order chi connectivity index (χ0) is 8.97. The van der Waals surface area contributed by atoms with Crippen molar-refractivity contribution in [3.8, 4) is 0 Å². The van der Waals surface area contributed by atoms with E-state index in [0.717, 1.165) is 12.6 Å². The number of likely N-dealkylation sites (N-methyl/N-ethyl adjacent to an activating group) is 1. The molecule has 0 radical (unpaired) electrons. The zero-order valence-electron chi connectivity index (χ0n) is 8.64. The average Bonchev–Trinajstić information content (AvgIpc) is 2.37. The summed E-state index contributed by atoms with van der Waals surface area (Å²) >= 11 is 0. The molecule has 0 aromatic rings. The first kappa shape index (κ1) is 10.0. The summed E-state index contributed by atoms with van der Waals surface area (Å²) in [6.45, 7) is 3.43. The number of nitrogens with zero attached hydrogens (tertiary/aromatic N) is 1. The maximum atomic E-state index is 3.67. The van der Waals surface area contributed by atoms with E-state index < -0.39 is 0 Å². The van der Waals surface area contributed by atoms with Crippen LogP contribution in [0.1, 0.15) is 32.6 Å². The minimum absolute atomic E-state index is 0.642. The molecule has 1 rings (SSSR count). The van der Waals surface area contributed by atoms with Crippen LogP contribution in [-0.4, -0.2) is 37.6 Å². The molecule has 0 heterocycles. The molecule has 72 valence electrons. The van der Waals surface area contributed by atoms with Gasteiger partial charge < -0.3 is 10.2 Å². The quantitative estimate of drug-likeness (QED) is 0.687. The zero-order valence-corrected chi connectivity index (χ0v) is 8.64. The van der Waals surface area contributed by atoms with E-state index in [1.807, 2.05) is 0 Å². The van der Waals surface area contributed by atoms with E-state index in [1.165, 1.54) is 25.7 Å². The van der Waals surface area contributed by atoms with E-state index in [9.17, 15) is 0 Å². The summed E-state index contributed by atoms with van der Waals surface area (Å²) in [5, 5.41) is 3.67. The molecule has 2 heteroatoms. The molecular weight excluding hydrogens is 148 g/mol. The first-order chi connectivity index (χ1) is 5.68. The molecule has 2 nitrogen and oxygen atoms in total. The van der Waals surface area contributed by atoms with Gasteiger partial charge in [-0.15, -0.1) is 0 Å². The van der Waals surface area contributed by atoms with Gasteiger partial charge in [0.1, 0.15) is 0 Å². The standard InChI is InChI=1S/C10H22N2/c1-9(8-12(2)3)11-10-6-4-5-7-10/h9-11H,4-8H2,1-3H3. The molecule has 1 fully saturated rings. The van der Waals surface area contributed by atoms with Crippen LogP contribution in [0.4, 0.5) is 0 Å². The Morgan fingerprint density at radius 2 is 1.92 bits per heavy atom. The molecule has 1 aliphatic rings. The van der Waals surface area contributed by atoms with Gasteiger partial charge in [-0.05, 0) is 33.9 Å². The van der Waals surface area contributed by atoms with Crippen LogP contribution in [0.3, 0.4) is 0 Å². The molecule has 1 unspecified atom stereocenters. The van der Waals surface area contributed by atoms with Crippen molar-refractivity contribution in [2.45, 2.75) is 44.7 Å². The average molecular weight is 170 g/mol. The van der Waals surface area contributed by atoms with Crippen molar-refractivity contribution < 1.29 is 0 Å². The lowest BCUT2D eigenvalue weighted by Gasteiger charge is -2.22. The van der Waals surface area contributed by atoms with Crippen LogP contribution in [0.15, 0.2) is 0 Å². The third-order valence-corrected chi connectivity index (χ3v) is 2.51. The van der Waals surface area contributed by atoms with Gasteiger partial charge in [-0.25, -0.2) is 0 Å². The highest BCUT2D eigenvalue weighted by atomic mass is 15.1. The number of hydrogen-bond donors (Lipinski definition) is 1. The van der Waals surface area contributed by atoms with Gasteiger partial charge in [0.25, 0.3) is 0 Å². The van der Waals surface area contributed by atoms with E-state index in [2.05, 4.69) is 31.2 Å². The summed E-state index contributed by atoms with van der Waals surface area (Å²) in [4.78, 5) is 2.24. The highest BCUT2D eigenvalue weighted by Crippen LogP contribution is 2.17. The Morgan fingerprint density at radius 3 is 2.42 bits per heavy atom. The van der Waals surface area contributed by atoms with Crippen molar-refractivity contribution in [1.82, 2.24) is 10.2 Å². The predicted molar refractivity (Wildman–Crippen MR) is 53.4 cm³/mol. The van der Waals surface area contributed by atoms with Gasteiger partial charge in [0.2, 0.25) is 0 Å². The van der Waals surface area contributed by atoms with Crippen molar-refractivity contribution in [2.24, 2.45) is 0 Å². The molecule has 1 aliphatic carbocycles. The molecule has 0 spiro atoms. The van der Waals surface area contributed by atoms with Gasteiger partial charge in [0.05, 0.1) is 0 Å². The van der Waals surface area contributed by atoms with Crippen molar-refractivity contribution in [3.05, 3.63) is 0 Å². The third-order valence-electron chi connectivity index (χ3n) is 2.51. The minimum Gasteiger partial charge on any atom is -0.310 e. The number of hydrogen-bond acceptors (Lipinski definition) is 2. The summed E-state index contributed by atoms with van der Waals surface area (Å²) in [7, 11) is 4.26. The second-order valence-corrected chi connectivity index (χ2v) is 4.31. The van der Waals surface area contributed by atoms with Crippen LogP contribution < -0.4 is 5.32 Å². The van der Waals surface area contributed by atoms with E-state index in [4.69, 9.17) is 0 Å². The molecule has 0 bridgehead atoms. The predicted octanol–water partition coefficient (Wildman–Crippen LogP) is 1.47. The van der Waals surface area contributed by atoms with Gasteiger partial charge >= 0.3 is 0 Å². The Kier molecular flexibility index (Phi) is 4.02. The first-order valence-corrected chi connectivity index (χ1v) is 5.09. The summed E-state index contributed by atoms with van der Waals surface area (Å²) in [5.74, 6) is 0. The first-order valence-electron chi connectivity index (χ1n) is 5.09. The monoisotopic (exact) mass is 170 g/mol. The van der Waals surface area contributed by atoms with Gasteiger partial charge in [-0.3, -0.25) is 0 Å². The fraction of sp³-hybridized carbons (Fsp3) is 1.00. The maximum Gasteiger partial charge on any atom is 0.0169 e. The molecule has 0 aromatic carbocycles. The van der Waals surface area contributed by atoms with Gasteiger partial charge in [-0.2, -0.15) is 0 Å². The highest BCUT2D eigenvalue weighted by molar-refractivity contribution is 4.77. The maximum absolute atomic E-state index is 3.67. The molecular formula is C10H22N2. The van der Waals surface area contributed by atoms with Crippen molar-refractivity contribution >= 4 is 0 Å². The van der Waals surface area contributed by atoms with Crippen LogP contribution in [0.5, 0.6) is 0 Å². The Hall–Kier alpha value is -0.0800. The van der Waals surface area contributed by atoms with Gasteiger partial charge in [-0.1, -0.05) is 12.8 Å². The Labute approximate surface area is 76.3 Å². The molecule has 0 saturated heterocycles. The SMILES string of the molecule is CC(CN(C)C)NC1CCCC1. The van der Waals surface area contributed by atoms with Crippen LogP contribution in [0.25, 0.3) is 0 Å². The lowest BCUT2D eigenvalue weighted by atomic mass is 10.2. The second-order valence-electron chi connectivity index (χ2n) is 4.31. The van der Waals surface area contributed by atoms with E-state index in [1.54, 1.807) is 0 Å². The van der Waals surface area contributed by atoms with Crippen LogP contribution in [0, 0.1) is 0 Å². The van der Waals surface area contributed by atoms with E-state index in [-0.39, 0.29) is 0 Å². The molecule has 0 aliphatic heterocycles. The lowest BCUT2D eigenvalue weighted by Crippen LogP contribution is -2.40. The van der Waals surface area contributed by atoms with Crippen molar-refractivity contribution in [2.75, 3.05) is 20.6 Å². The fourth-order valence-electron chi connectivity index (χ4n) is 2.10. The van der Waals surface area contributed by atoms with Crippen molar-refractivity contribution in [3.63, 3.8) is 0 Å². The van der Waals surface area contributed by atoms with Crippen LogP contribution >= 0.6 is 0 Å². The van der Waals surface area contributed by atoms with E-state index in [0.29, 0.717) is 6.04 Å². The summed E-state index contributed by atoms with van der Waals surface area (Å²) in [6, 6.07) is 1.45.